The van der Waals surface area contributed by atoms with Gasteiger partial charge >= 0.3 is 0 Å². The fraction of sp³-hybridized carbons (Fsp3) is 0.545. The summed E-state index contributed by atoms with van der Waals surface area (Å²) in [5.41, 5.74) is -0.0440. The zero-order valence-corrected chi connectivity index (χ0v) is 18.3. The highest BCUT2D eigenvalue weighted by molar-refractivity contribution is 6.08. The Bertz CT molecular complexity index is 1220. The van der Waals surface area contributed by atoms with Gasteiger partial charge in [0.15, 0.2) is 17.6 Å². The predicted molar refractivity (Wildman–Crippen MR) is 117 cm³/mol. The Labute approximate surface area is 193 Å². The number of carbonyl (C=O) groups excluding carboxylic acids is 1. The molecule has 3 aromatic heterocycles. The van der Waals surface area contributed by atoms with Gasteiger partial charge in [-0.2, -0.15) is 10.2 Å². The van der Waals surface area contributed by atoms with Crippen LogP contribution in [0.4, 0.5) is 20.3 Å². The van der Waals surface area contributed by atoms with Gasteiger partial charge in [0.25, 0.3) is 12.3 Å². The van der Waals surface area contributed by atoms with Crippen LogP contribution in [0.3, 0.4) is 0 Å². The van der Waals surface area contributed by atoms with Crippen LogP contribution in [-0.4, -0.2) is 60.4 Å². The van der Waals surface area contributed by atoms with E-state index in [1.807, 2.05) is 0 Å². The van der Waals surface area contributed by atoms with Gasteiger partial charge in [-0.25, -0.2) is 18.3 Å². The monoisotopic (exact) mass is 473 g/mol. The second-order valence-electron chi connectivity index (χ2n) is 9.15. The van der Waals surface area contributed by atoms with E-state index in [2.05, 4.69) is 20.5 Å². The van der Waals surface area contributed by atoms with Crippen LogP contribution < -0.4 is 10.2 Å². The molecule has 1 amide bonds. The van der Waals surface area contributed by atoms with Gasteiger partial charge in [0.05, 0.1) is 30.6 Å². The van der Waals surface area contributed by atoms with Crippen molar-refractivity contribution in [3.05, 3.63) is 35.9 Å². The maximum absolute atomic E-state index is 13.7. The first-order valence-corrected chi connectivity index (χ1v) is 11.6. The molecule has 1 aliphatic carbocycles. The van der Waals surface area contributed by atoms with Crippen molar-refractivity contribution in [2.75, 3.05) is 16.8 Å². The number of aromatic nitrogens is 5. The first-order chi connectivity index (χ1) is 16.5. The Morgan fingerprint density at radius 3 is 2.79 bits per heavy atom. The molecule has 2 aliphatic heterocycles. The topological polar surface area (TPSA) is 110 Å². The summed E-state index contributed by atoms with van der Waals surface area (Å²) in [7, 11) is 0. The molecule has 0 aromatic carbocycles. The molecule has 3 unspecified atom stereocenters. The molecule has 3 aromatic rings. The summed E-state index contributed by atoms with van der Waals surface area (Å²) in [6.07, 6.45) is 6.29. The molecule has 5 heterocycles. The van der Waals surface area contributed by atoms with Crippen molar-refractivity contribution in [2.24, 2.45) is 0 Å². The summed E-state index contributed by atoms with van der Waals surface area (Å²) < 4.78 is 35.9. The number of rotatable bonds is 5. The minimum Gasteiger partial charge on any atom is -0.371 e. The highest BCUT2D eigenvalue weighted by atomic mass is 19.3. The predicted octanol–water partition coefficient (Wildman–Crippen LogP) is 2.92. The summed E-state index contributed by atoms with van der Waals surface area (Å²) in [6, 6.07) is 1.79. The van der Waals surface area contributed by atoms with Gasteiger partial charge in [-0.3, -0.25) is 9.48 Å². The maximum atomic E-state index is 13.7. The maximum Gasteiger partial charge on any atom is 0.284 e. The van der Waals surface area contributed by atoms with Crippen molar-refractivity contribution >= 4 is 23.1 Å². The lowest BCUT2D eigenvalue weighted by Gasteiger charge is -2.32. The van der Waals surface area contributed by atoms with Gasteiger partial charge in [-0.15, -0.1) is 0 Å². The van der Waals surface area contributed by atoms with E-state index in [-0.39, 0.29) is 35.1 Å². The standard InChI is InChI=1S/C22H25F2N7O3/c23-19(24)18-15(10-30(28-18)12-4-2-1-3-5-12)26-21(32)14-9-25-29-7-6-17(27-20(14)29)31-13-8-16(22(31)33)34-11-13/h6-7,9-10,12-13,16,19,22,33H,1-5,8,11H2,(H,26,32). The summed E-state index contributed by atoms with van der Waals surface area (Å²) in [5, 5.41) is 21.4. The van der Waals surface area contributed by atoms with E-state index >= 15 is 0 Å². The van der Waals surface area contributed by atoms with Crippen molar-refractivity contribution in [3.63, 3.8) is 0 Å². The first-order valence-electron chi connectivity index (χ1n) is 11.6. The van der Waals surface area contributed by atoms with E-state index in [4.69, 9.17) is 4.74 Å². The second-order valence-corrected chi connectivity index (χ2v) is 9.15. The lowest BCUT2D eigenvalue weighted by atomic mass is 9.96. The van der Waals surface area contributed by atoms with E-state index in [0.29, 0.717) is 18.8 Å². The number of amides is 1. The number of nitrogens with one attached hydrogen (secondary N) is 1. The summed E-state index contributed by atoms with van der Waals surface area (Å²) in [6.45, 7) is 0.503. The van der Waals surface area contributed by atoms with E-state index in [0.717, 1.165) is 32.1 Å². The number of fused-ring (bicyclic) bond motifs is 3. The molecule has 0 radical (unpaired) electrons. The second kappa shape index (κ2) is 8.27. The molecule has 6 rings (SSSR count). The zero-order valence-electron chi connectivity index (χ0n) is 18.3. The average molecular weight is 473 g/mol. The highest BCUT2D eigenvalue weighted by Gasteiger charge is 2.47. The quantitative estimate of drug-likeness (QED) is 0.586. The molecular weight excluding hydrogens is 448 g/mol. The molecular formula is C22H25F2N7O3. The van der Waals surface area contributed by atoms with Crippen molar-refractivity contribution in [3.8, 4) is 0 Å². The number of aliphatic hydroxyl groups is 1. The third-order valence-corrected chi connectivity index (χ3v) is 7.05. The fourth-order valence-electron chi connectivity index (χ4n) is 5.31. The Kier molecular flexibility index (Phi) is 5.21. The molecule has 2 N–H and O–H groups in total. The number of alkyl halides is 2. The van der Waals surface area contributed by atoms with Crippen LogP contribution >= 0.6 is 0 Å². The van der Waals surface area contributed by atoms with Crippen LogP contribution in [0, 0.1) is 0 Å². The fourth-order valence-corrected chi connectivity index (χ4v) is 5.31. The van der Waals surface area contributed by atoms with Gasteiger partial charge in [0.2, 0.25) is 0 Å². The van der Waals surface area contributed by atoms with Gasteiger partial charge in [-0.1, -0.05) is 19.3 Å². The normalized spacial score (nSPS) is 25.1. The molecule has 0 spiro atoms. The Morgan fingerprint density at radius 2 is 2.06 bits per heavy atom. The van der Waals surface area contributed by atoms with Gasteiger partial charge in [-0.05, 0) is 18.9 Å². The lowest BCUT2D eigenvalue weighted by Crippen LogP contribution is -2.46. The van der Waals surface area contributed by atoms with E-state index in [1.165, 1.54) is 16.9 Å². The molecule has 34 heavy (non-hydrogen) atoms. The first kappa shape index (κ1) is 21.4. The van der Waals surface area contributed by atoms with Gasteiger partial charge in [0.1, 0.15) is 17.5 Å². The number of hydrogen-bond donors (Lipinski definition) is 2. The van der Waals surface area contributed by atoms with Crippen molar-refractivity contribution in [2.45, 2.75) is 69.4 Å². The van der Waals surface area contributed by atoms with Gasteiger partial charge < -0.3 is 20.1 Å². The molecule has 12 heteroatoms. The van der Waals surface area contributed by atoms with Crippen LogP contribution in [0.1, 0.15) is 67.0 Å². The van der Waals surface area contributed by atoms with Crippen molar-refractivity contribution in [1.82, 2.24) is 24.4 Å². The van der Waals surface area contributed by atoms with Crippen LogP contribution in [0.25, 0.3) is 5.65 Å². The summed E-state index contributed by atoms with van der Waals surface area (Å²) in [5.74, 6) is -0.0969. The number of nitrogens with zero attached hydrogens (tertiary/aromatic N) is 6. The SMILES string of the molecule is O=C(Nc1cn(C2CCCCC2)nc1C(F)F)c1cnn2ccc(N3C4COC(C4)C3O)nc12. The summed E-state index contributed by atoms with van der Waals surface area (Å²) in [4.78, 5) is 19.5. The molecule has 3 aliphatic rings. The van der Waals surface area contributed by atoms with Gasteiger partial charge in [0, 0.05) is 18.8 Å². The Balaban J connectivity index is 1.29. The minimum absolute atomic E-state index is 0.00868. The van der Waals surface area contributed by atoms with Crippen LogP contribution in [0.2, 0.25) is 0 Å². The number of morpholine rings is 1. The third kappa shape index (κ3) is 3.52. The number of ether oxygens (including phenoxy) is 1. The Morgan fingerprint density at radius 1 is 1.24 bits per heavy atom. The number of anilines is 2. The van der Waals surface area contributed by atoms with Crippen molar-refractivity contribution < 1.29 is 23.4 Å². The largest absolute Gasteiger partial charge is 0.371 e. The number of aliphatic hydroxyl groups excluding tert-OH is 1. The average Bonchev–Trinajstić information content (AvgIpc) is 3.62. The third-order valence-electron chi connectivity index (χ3n) is 7.05. The molecule has 2 bridgehead atoms. The van der Waals surface area contributed by atoms with Crippen LogP contribution in [0.15, 0.2) is 24.7 Å². The van der Waals surface area contributed by atoms with E-state index in [9.17, 15) is 18.7 Å². The number of carbonyl (C=O) groups is 1. The van der Waals surface area contributed by atoms with E-state index < -0.39 is 24.3 Å². The number of halogens is 2. The smallest absolute Gasteiger partial charge is 0.284 e. The molecule has 3 atom stereocenters. The van der Waals surface area contributed by atoms with E-state index in [1.54, 1.807) is 21.8 Å². The number of hydrogen-bond acceptors (Lipinski definition) is 7. The Hall–Kier alpha value is -3.12. The minimum atomic E-state index is -2.82. The highest BCUT2D eigenvalue weighted by Crippen LogP contribution is 2.36. The molecule has 10 nitrogen and oxygen atoms in total. The molecule has 180 valence electrons. The van der Waals surface area contributed by atoms with Crippen LogP contribution in [0.5, 0.6) is 0 Å². The molecule has 3 fully saturated rings. The zero-order chi connectivity index (χ0) is 23.4. The lowest BCUT2D eigenvalue weighted by molar-refractivity contribution is -0.0156. The van der Waals surface area contributed by atoms with Crippen LogP contribution in [-0.2, 0) is 4.74 Å². The summed E-state index contributed by atoms with van der Waals surface area (Å²) >= 11 is 0. The molecule has 1 saturated carbocycles. The van der Waals surface area contributed by atoms with Crippen molar-refractivity contribution in [1.29, 1.82) is 0 Å². The molecule has 2 saturated heterocycles.